The maximum atomic E-state index is 11.6. The first kappa shape index (κ1) is 15.1. The van der Waals surface area contributed by atoms with E-state index in [1.807, 2.05) is 13.8 Å². The van der Waals surface area contributed by atoms with Gasteiger partial charge in [0.1, 0.15) is 0 Å². The summed E-state index contributed by atoms with van der Waals surface area (Å²) in [5.74, 6) is 0.269. The van der Waals surface area contributed by atoms with Gasteiger partial charge in [-0.2, -0.15) is 13.1 Å². The normalized spacial score (nSPS) is 12.0. The van der Waals surface area contributed by atoms with E-state index in [0.717, 1.165) is 11.1 Å². The molecule has 0 heterocycles. The summed E-state index contributed by atoms with van der Waals surface area (Å²) in [5.41, 5.74) is 1.65. The summed E-state index contributed by atoms with van der Waals surface area (Å²) in [6, 6.07) is 7.11. The van der Waals surface area contributed by atoms with Crippen LogP contribution in [0.2, 0.25) is 0 Å². The van der Waals surface area contributed by atoms with Crippen molar-refractivity contribution >= 4 is 10.2 Å². The first-order valence-corrected chi connectivity index (χ1v) is 7.34. The van der Waals surface area contributed by atoms with Gasteiger partial charge in [0.05, 0.1) is 6.61 Å². The fourth-order valence-electron chi connectivity index (χ4n) is 1.27. The molecule has 0 aliphatic carbocycles. The van der Waals surface area contributed by atoms with Gasteiger partial charge in [0.25, 0.3) is 10.2 Å². The molecular formula is C12H20N2O3S. The van der Waals surface area contributed by atoms with Gasteiger partial charge in [-0.1, -0.05) is 38.1 Å². The average molecular weight is 272 g/mol. The lowest BCUT2D eigenvalue weighted by Crippen LogP contribution is -2.37. The Morgan fingerprint density at radius 3 is 2.17 bits per heavy atom. The van der Waals surface area contributed by atoms with E-state index in [1.54, 1.807) is 24.3 Å². The molecule has 1 aromatic rings. The second-order valence-corrected chi connectivity index (χ2v) is 6.13. The van der Waals surface area contributed by atoms with E-state index in [0.29, 0.717) is 6.54 Å². The van der Waals surface area contributed by atoms with Crippen molar-refractivity contribution in [2.45, 2.75) is 27.0 Å². The Labute approximate surface area is 108 Å². The molecule has 0 aromatic heterocycles. The van der Waals surface area contributed by atoms with Crippen LogP contribution < -0.4 is 9.44 Å². The molecule has 5 nitrogen and oxygen atoms in total. The maximum absolute atomic E-state index is 11.6. The van der Waals surface area contributed by atoms with Crippen molar-refractivity contribution in [2.24, 2.45) is 5.92 Å². The summed E-state index contributed by atoms with van der Waals surface area (Å²) < 4.78 is 28.1. The molecule has 0 bridgehead atoms. The molecule has 0 radical (unpaired) electrons. The van der Waals surface area contributed by atoms with Crippen LogP contribution in [0.25, 0.3) is 0 Å². The quantitative estimate of drug-likeness (QED) is 0.685. The number of hydrogen-bond donors (Lipinski definition) is 3. The van der Waals surface area contributed by atoms with Crippen LogP contribution in [-0.4, -0.2) is 20.1 Å². The van der Waals surface area contributed by atoms with Crippen molar-refractivity contribution in [1.82, 2.24) is 9.44 Å². The molecule has 1 rings (SSSR count). The monoisotopic (exact) mass is 272 g/mol. The van der Waals surface area contributed by atoms with E-state index >= 15 is 0 Å². The number of hydrogen-bond acceptors (Lipinski definition) is 3. The Morgan fingerprint density at radius 2 is 1.67 bits per heavy atom. The van der Waals surface area contributed by atoms with Gasteiger partial charge >= 0.3 is 0 Å². The second kappa shape index (κ2) is 6.84. The van der Waals surface area contributed by atoms with E-state index < -0.39 is 10.2 Å². The molecule has 0 saturated carbocycles. The third-order valence-corrected chi connectivity index (χ3v) is 3.42. The first-order chi connectivity index (χ1) is 8.43. The molecule has 0 unspecified atom stereocenters. The minimum absolute atomic E-state index is 0.0120. The van der Waals surface area contributed by atoms with Gasteiger partial charge in [-0.15, -0.1) is 0 Å². The van der Waals surface area contributed by atoms with Crippen LogP contribution in [0.5, 0.6) is 0 Å². The lowest BCUT2D eigenvalue weighted by molar-refractivity contribution is 0.282. The summed E-state index contributed by atoms with van der Waals surface area (Å²) in [4.78, 5) is 0. The molecule has 0 amide bonds. The Morgan fingerprint density at radius 1 is 1.11 bits per heavy atom. The second-order valence-electron chi connectivity index (χ2n) is 4.54. The molecule has 0 spiro atoms. The number of aliphatic hydroxyl groups is 1. The molecule has 3 N–H and O–H groups in total. The molecule has 0 atom stereocenters. The van der Waals surface area contributed by atoms with E-state index in [-0.39, 0.29) is 19.1 Å². The summed E-state index contributed by atoms with van der Waals surface area (Å²) >= 11 is 0. The zero-order chi connectivity index (χ0) is 13.6. The SMILES string of the molecule is CC(C)CNS(=O)(=O)NCc1ccc(CO)cc1. The van der Waals surface area contributed by atoms with Crippen LogP contribution in [0, 0.1) is 5.92 Å². The van der Waals surface area contributed by atoms with Crippen molar-refractivity contribution in [2.75, 3.05) is 6.54 Å². The average Bonchev–Trinajstić information content (AvgIpc) is 2.35. The van der Waals surface area contributed by atoms with Crippen LogP contribution >= 0.6 is 0 Å². The van der Waals surface area contributed by atoms with E-state index in [9.17, 15) is 8.42 Å². The molecule has 102 valence electrons. The predicted octanol–water partition coefficient (Wildman–Crippen LogP) is 0.759. The van der Waals surface area contributed by atoms with Gasteiger partial charge in [-0.25, -0.2) is 4.72 Å². The molecule has 18 heavy (non-hydrogen) atoms. The maximum Gasteiger partial charge on any atom is 0.277 e. The van der Waals surface area contributed by atoms with E-state index in [1.165, 1.54) is 0 Å². The molecule has 0 fully saturated rings. The van der Waals surface area contributed by atoms with E-state index in [2.05, 4.69) is 9.44 Å². The number of aliphatic hydroxyl groups excluding tert-OH is 1. The molecule has 0 aliphatic rings. The summed E-state index contributed by atoms with van der Waals surface area (Å²) in [7, 11) is -3.44. The molecule has 0 saturated heterocycles. The van der Waals surface area contributed by atoms with Gasteiger partial charge < -0.3 is 5.11 Å². The largest absolute Gasteiger partial charge is 0.392 e. The highest BCUT2D eigenvalue weighted by Gasteiger charge is 2.09. The Bertz CT molecular complexity index is 455. The van der Waals surface area contributed by atoms with Crippen molar-refractivity contribution in [3.8, 4) is 0 Å². The van der Waals surface area contributed by atoms with E-state index in [4.69, 9.17) is 5.11 Å². The zero-order valence-electron chi connectivity index (χ0n) is 10.7. The Hall–Kier alpha value is -0.950. The van der Waals surface area contributed by atoms with Crippen molar-refractivity contribution in [3.63, 3.8) is 0 Å². The highest BCUT2D eigenvalue weighted by molar-refractivity contribution is 7.87. The van der Waals surface area contributed by atoms with Crippen LogP contribution in [0.4, 0.5) is 0 Å². The van der Waals surface area contributed by atoms with Gasteiger partial charge in [0.15, 0.2) is 0 Å². The third kappa shape index (κ3) is 5.59. The highest BCUT2D eigenvalue weighted by atomic mass is 32.2. The minimum atomic E-state index is -3.44. The Kier molecular flexibility index (Phi) is 5.74. The summed E-state index contributed by atoms with van der Waals surface area (Å²) in [5, 5.41) is 8.89. The molecule has 6 heteroatoms. The van der Waals surface area contributed by atoms with Gasteiger partial charge in [0, 0.05) is 13.1 Å². The van der Waals surface area contributed by atoms with Gasteiger partial charge in [-0.05, 0) is 17.0 Å². The van der Waals surface area contributed by atoms with Crippen LogP contribution in [0.3, 0.4) is 0 Å². The fraction of sp³-hybridized carbons (Fsp3) is 0.500. The van der Waals surface area contributed by atoms with Crippen LogP contribution in [0.15, 0.2) is 24.3 Å². The minimum Gasteiger partial charge on any atom is -0.392 e. The zero-order valence-corrected chi connectivity index (χ0v) is 11.5. The first-order valence-electron chi connectivity index (χ1n) is 5.86. The van der Waals surface area contributed by atoms with Crippen molar-refractivity contribution < 1.29 is 13.5 Å². The van der Waals surface area contributed by atoms with Crippen molar-refractivity contribution in [1.29, 1.82) is 0 Å². The topological polar surface area (TPSA) is 78.4 Å². The van der Waals surface area contributed by atoms with Crippen molar-refractivity contribution in [3.05, 3.63) is 35.4 Å². The van der Waals surface area contributed by atoms with Crippen LogP contribution in [-0.2, 0) is 23.4 Å². The summed E-state index contributed by atoms with van der Waals surface area (Å²) in [6.07, 6.45) is 0. The molecular weight excluding hydrogens is 252 g/mol. The highest BCUT2D eigenvalue weighted by Crippen LogP contribution is 2.04. The third-order valence-electron chi connectivity index (χ3n) is 2.35. The number of nitrogens with one attached hydrogen (secondary N) is 2. The smallest absolute Gasteiger partial charge is 0.277 e. The lowest BCUT2D eigenvalue weighted by Gasteiger charge is -2.10. The standard InChI is InChI=1S/C12H20N2O3S/c1-10(2)7-13-18(16,17)14-8-11-3-5-12(9-15)6-4-11/h3-6,10,13-15H,7-9H2,1-2H3. The van der Waals surface area contributed by atoms with Gasteiger partial charge in [0.2, 0.25) is 0 Å². The van der Waals surface area contributed by atoms with Crippen LogP contribution in [0.1, 0.15) is 25.0 Å². The fourth-order valence-corrected chi connectivity index (χ4v) is 2.28. The summed E-state index contributed by atoms with van der Waals surface area (Å²) in [6.45, 7) is 4.52. The lowest BCUT2D eigenvalue weighted by atomic mass is 10.1. The molecule has 1 aromatic carbocycles. The van der Waals surface area contributed by atoms with Gasteiger partial charge in [-0.3, -0.25) is 0 Å². The Balaban J connectivity index is 2.48. The predicted molar refractivity (Wildman–Crippen MR) is 71.0 cm³/mol. The number of benzene rings is 1. The number of rotatable bonds is 7. The molecule has 0 aliphatic heterocycles.